The van der Waals surface area contributed by atoms with Crippen molar-refractivity contribution in [2.75, 3.05) is 0 Å². The van der Waals surface area contributed by atoms with E-state index in [2.05, 4.69) is 13.8 Å². The fourth-order valence-corrected chi connectivity index (χ4v) is 2.35. The van der Waals surface area contributed by atoms with E-state index in [-0.39, 0.29) is 6.10 Å². The lowest BCUT2D eigenvalue weighted by molar-refractivity contribution is 0.0661. The molecule has 0 amide bonds. The molecule has 0 saturated heterocycles. The van der Waals surface area contributed by atoms with Crippen LogP contribution in [0.15, 0.2) is 0 Å². The fourth-order valence-electron chi connectivity index (χ4n) is 2.35. The van der Waals surface area contributed by atoms with E-state index in [1.54, 1.807) is 0 Å². The van der Waals surface area contributed by atoms with Gasteiger partial charge in [0, 0.05) is 0 Å². The van der Waals surface area contributed by atoms with Gasteiger partial charge in [0.25, 0.3) is 0 Å². The number of rotatable bonds is 3. The monoisotopic (exact) mass is 170 g/mol. The van der Waals surface area contributed by atoms with Crippen molar-refractivity contribution in [3.05, 3.63) is 0 Å². The second-order valence-corrected chi connectivity index (χ2v) is 4.23. The summed E-state index contributed by atoms with van der Waals surface area (Å²) in [4.78, 5) is 0. The van der Waals surface area contributed by atoms with E-state index in [1.165, 1.54) is 32.1 Å². The third-order valence-electron chi connectivity index (χ3n) is 3.42. The molecule has 1 heteroatoms. The van der Waals surface area contributed by atoms with E-state index in [1.807, 2.05) is 0 Å². The van der Waals surface area contributed by atoms with Crippen molar-refractivity contribution in [2.45, 2.75) is 58.5 Å². The van der Waals surface area contributed by atoms with E-state index in [9.17, 15) is 5.11 Å². The van der Waals surface area contributed by atoms with Crippen molar-refractivity contribution in [2.24, 2.45) is 11.8 Å². The molecule has 0 aliphatic heterocycles. The van der Waals surface area contributed by atoms with Gasteiger partial charge in [-0.05, 0) is 18.3 Å². The van der Waals surface area contributed by atoms with Crippen molar-refractivity contribution in [3.8, 4) is 0 Å². The van der Waals surface area contributed by atoms with Crippen LogP contribution in [-0.2, 0) is 0 Å². The number of aliphatic hydroxyl groups excluding tert-OH is 1. The Bertz CT molecular complexity index is 116. The summed E-state index contributed by atoms with van der Waals surface area (Å²) in [5.74, 6) is 1.32. The van der Waals surface area contributed by atoms with Crippen LogP contribution in [0.4, 0.5) is 0 Å². The van der Waals surface area contributed by atoms with Crippen LogP contribution in [-0.4, -0.2) is 11.2 Å². The normalized spacial score (nSPS) is 25.2. The van der Waals surface area contributed by atoms with Crippen LogP contribution >= 0.6 is 0 Å². The Labute approximate surface area is 76.2 Å². The molecule has 2 atom stereocenters. The van der Waals surface area contributed by atoms with Gasteiger partial charge in [0.15, 0.2) is 0 Å². The molecule has 12 heavy (non-hydrogen) atoms. The summed E-state index contributed by atoms with van der Waals surface area (Å²) in [5.41, 5.74) is 0. The first-order valence-corrected chi connectivity index (χ1v) is 5.43. The molecule has 1 unspecified atom stereocenters. The van der Waals surface area contributed by atoms with Gasteiger partial charge >= 0.3 is 0 Å². The molecule has 0 aromatic heterocycles. The van der Waals surface area contributed by atoms with E-state index >= 15 is 0 Å². The molecule has 0 spiro atoms. The molecule has 1 aliphatic rings. The van der Waals surface area contributed by atoms with Crippen LogP contribution in [0.25, 0.3) is 0 Å². The second kappa shape index (κ2) is 4.86. The van der Waals surface area contributed by atoms with Crippen molar-refractivity contribution >= 4 is 0 Å². The Hall–Kier alpha value is -0.0400. The third kappa shape index (κ3) is 2.48. The third-order valence-corrected chi connectivity index (χ3v) is 3.42. The predicted octanol–water partition coefficient (Wildman–Crippen LogP) is 2.97. The van der Waals surface area contributed by atoms with Crippen LogP contribution in [0, 0.1) is 11.8 Å². The zero-order valence-electron chi connectivity index (χ0n) is 8.42. The molecule has 1 nitrogen and oxygen atoms in total. The first kappa shape index (κ1) is 10.0. The molecule has 72 valence electrons. The molecule has 0 heterocycles. The highest BCUT2D eigenvalue weighted by Gasteiger charge is 2.24. The highest BCUT2D eigenvalue weighted by atomic mass is 16.3. The van der Waals surface area contributed by atoms with Crippen LogP contribution in [0.2, 0.25) is 0 Å². The Kier molecular flexibility index (Phi) is 4.07. The van der Waals surface area contributed by atoms with E-state index < -0.39 is 0 Å². The zero-order valence-corrected chi connectivity index (χ0v) is 8.42. The molecule has 1 saturated carbocycles. The van der Waals surface area contributed by atoms with Gasteiger partial charge in [0.1, 0.15) is 0 Å². The van der Waals surface area contributed by atoms with E-state index in [0.717, 1.165) is 12.3 Å². The first-order chi connectivity index (χ1) is 5.75. The van der Waals surface area contributed by atoms with E-state index in [0.29, 0.717) is 5.92 Å². The molecule has 1 N–H and O–H groups in total. The van der Waals surface area contributed by atoms with Crippen molar-refractivity contribution < 1.29 is 5.11 Å². The van der Waals surface area contributed by atoms with Gasteiger partial charge in [-0.3, -0.25) is 0 Å². The molecule has 0 bridgehead atoms. The quantitative estimate of drug-likeness (QED) is 0.690. The topological polar surface area (TPSA) is 20.2 Å². The van der Waals surface area contributed by atoms with Gasteiger partial charge < -0.3 is 5.11 Å². The lowest BCUT2D eigenvalue weighted by Gasteiger charge is -2.30. The minimum Gasteiger partial charge on any atom is -0.393 e. The van der Waals surface area contributed by atoms with Gasteiger partial charge in [-0.2, -0.15) is 0 Å². The van der Waals surface area contributed by atoms with Crippen LogP contribution in [0.1, 0.15) is 52.4 Å². The molecule has 1 aliphatic carbocycles. The van der Waals surface area contributed by atoms with Gasteiger partial charge in [0.05, 0.1) is 6.10 Å². The lowest BCUT2D eigenvalue weighted by atomic mass is 9.78. The maximum absolute atomic E-state index is 9.68. The summed E-state index contributed by atoms with van der Waals surface area (Å²) in [7, 11) is 0. The summed E-state index contributed by atoms with van der Waals surface area (Å²) in [5, 5.41) is 9.68. The predicted molar refractivity (Wildman–Crippen MR) is 52.0 cm³/mol. The highest BCUT2D eigenvalue weighted by molar-refractivity contribution is 4.75. The summed E-state index contributed by atoms with van der Waals surface area (Å²) in [6.45, 7) is 4.29. The minimum absolute atomic E-state index is 0.0619. The summed E-state index contributed by atoms with van der Waals surface area (Å²) in [6, 6.07) is 0. The maximum Gasteiger partial charge on any atom is 0.0565 e. The van der Waals surface area contributed by atoms with E-state index in [4.69, 9.17) is 0 Å². The van der Waals surface area contributed by atoms with Crippen LogP contribution in [0.3, 0.4) is 0 Å². The Balaban J connectivity index is 2.33. The molecular weight excluding hydrogens is 148 g/mol. The average molecular weight is 170 g/mol. The summed E-state index contributed by atoms with van der Waals surface area (Å²) < 4.78 is 0. The first-order valence-electron chi connectivity index (χ1n) is 5.43. The van der Waals surface area contributed by atoms with Gasteiger partial charge in [-0.1, -0.05) is 46.0 Å². The molecule has 1 rings (SSSR count). The fraction of sp³-hybridized carbons (Fsp3) is 1.00. The van der Waals surface area contributed by atoms with Crippen molar-refractivity contribution in [3.63, 3.8) is 0 Å². The summed E-state index contributed by atoms with van der Waals surface area (Å²) >= 11 is 0. The maximum atomic E-state index is 9.68. The molecular formula is C11H22O. The minimum atomic E-state index is -0.0619. The zero-order chi connectivity index (χ0) is 8.97. The lowest BCUT2D eigenvalue weighted by Crippen LogP contribution is -2.26. The number of aliphatic hydroxyl groups is 1. The largest absolute Gasteiger partial charge is 0.393 e. The Morgan fingerprint density at radius 1 is 1.25 bits per heavy atom. The van der Waals surface area contributed by atoms with Gasteiger partial charge in [-0.25, -0.2) is 0 Å². The van der Waals surface area contributed by atoms with Crippen LogP contribution in [0.5, 0.6) is 0 Å². The SMILES string of the molecule is CCC(O)[C@@H](C)C1CCCCC1. The van der Waals surface area contributed by atoms with Gasteiger partial charge in [0.2, 0.25) is 0 Å². The Morgan fingerprint density at radius 3 is 2.33 bits per heavy atom. The second-order valence-electron chi connectivity index (χ2n) is 4.23. The van der Waals surface area contributed by atoms with Crippen molar-refractivity contribution in [1.29, 1.82) is 0 Å². The standard InChI is InChI=1S/C11H22O/c1-3-11(12)9(2)10-7-5-4-6-8-10/h9-12H,3-8H2,1-2H3/t9-,11?/m0/s1. The average Bonchev–Trinajstić information content (AvgIpc) is 2.17. The van der Waals surface area contributed by atoms with Gasteiger partial charge in [-0.15, -0.1) is 0 Å². The summed E-state index contributed by atoms with van der Waals surface area (Å²) in [6.07, 6.45) is 7.71. The molecule has 0 radical (unpaired) electrons. The smallest absolute Gasteiger partial charge is 0.0565 e. The number of hydrogen-bond acceptors (Lipinski definition) is 1. The highest BCUT2D eigenvalue weighted by Crippen LogP contribution is 2.32. The van der Waals surface area contributed by atoms with Crippen LogP contribution < -0.4 is 0 Å². The number of hydrogen-bond donors (Lipinski definition) is 1. The van der Waals surface area contributed by atoms with Crippen molar-refractivity contribution in [1.82, 2.24) is 0 Å². The Morgan fingerprint density at radius 2 is 1.83 bits per heavy atom. The molecule has 0 aromatic rings. The molecule has 0 aromatic carbocycles. The molecule has 1 fully saturated rings.